The fraction of sp³-hybridized carbons (Fsp3) is 0.333. The van der Waals surface area contributed by atoms with Crippen LogP contribution in [0.3, 0.4) is 0 Å². The van der Waals surface area contributed by atoms with Gasteiger partial charge in [0.1, 0.15) is 6.04 Å². The Hall–Kier alpha value is -1.59. The number of nitrogens with one attached hydrogen (secondary N) is 1. The van der Waals surface area contributed by atoms with Crippen molar-refractivity contribution in [3.05, 3.63) is 48.8 Å². The summed E-state index contributed by atoms with van der Waals surface area (Å²) in [5.74, 6) is -0.164. The maximum atomic E-state index is 13.2. The molecule has 2 N–H and O–H groups in total. The molecule has 3 rings (SSSR count). The number of nitrogens with zero attached hydrogens (tertiary/aromatic N) is 2. The zero-order valence-corrected chi connectivity index (χ0v) is 17.9. The van der Waals surface area contributed by atoms with E-state index in [0.29, 0.717) is 5.75 Å². The minimum Gasteiger partial charge on any atom is -0.289 e. The Labute approximate surface area is 172 Å². The minimum absolute atomic E-state index is 0.116. The lowest BCUT2D eigenvalue weighted by Gasteiger charge is -2.43. The molecule has 150 valence electrons. The van der Waals surface area contributed by atoms with Crippen LogP contribution in [0.25, 0.3) is 0 Å². The molecule has 1 aromatic carbocycles. The zero-order chi connectivity index (χ0) is 20.4. The number of hydrogen-bond donors (Lipinski definition) is 2. The molecule has 1 aromatic heterocycles. The third kappa shape index (κ3) is 4.36. The van der Waals surface area contributed by atoms with Crippen LogP contribution >= 0.6 is 23.5 Å². The van der Waals surface area contributed by atoms with Crippen LogP contribution in [0.2, 0.25) is 0 Å². The van der Waals surface area contributed by atoms with E-state index in [1.165, 1.54) is 27.8 Å². The van der Waals surface area contributed by atoms with Crippen molar-refractivity contribution in [3.63, 3.8) is 0 Å². The third-order valence-corrected chi connectivity index (χ3v) is 8.65. The van der Waals surface area contributed by atoms with Gasteiger partial charge in [-0.25, -0.2) is 13.9 Å². The summed E-state index contributed by atoms with van der Waals surface area (Å²) < 4.78 is 26.9. The van der Waals surface area contributed by atoms with Crippen molar-refractivity contribution >= 4 is 39.5 Å². The van der Waals surface area contributed by atoms with Crippen molar-refractivity contribution in [1.29, 1.82) is 0 Å². The van der Waals surface area contributed by atoms with Gasteiger partial charge in [0.15, 0.2) is 0 Å². The van der Waals surface area contributed by atoms with Crippen LogP contribution in [0.4, 0.5) is 0 Å². The molecule has 28 heavy (non-hydrogen) atoms. The van der Waals surface area contributed by atoms with Gasteiger partial charge in [0, 0.05) is 39.2 Å². The Morgan fingerprint density at radius 3 is 2.43 bits per heavy atom. The van der Waals surface area contributed by atoms with Crippen LogP contribution in [-0.2, 0) is 14.8 Å². The van der Waals surface area contributed by atoms with Gasteiger partial charge >= 0.3 is 0 Å². The molecule has 0 unspecified atom stereocenters. The first-order valence-electron chi connectivity index (χ1n) is 8.53. The maximum Gasteiger partial charge on any atom is 0.263 e. The minimum atomic E-state index is -3.90. The summed E-state index contributed by atoms with van der Waals surface area (Å²) in [7, 11) is -3.90. The van der Waals surface area contributed by atoms with Crippen LogP contribution in [0.5, 0.6) is 0 Å². The van der Waals surface area contributed by atoms with Crippen molar-refractivity contribution in [3.8, 4) is 0 Å². The third-order valence-electron chi connectivity index (χ3n) is 4.41. The monoisotopic (exact) mass is 439 g/mol. The van der Waals surface area contributed by atoms with E-state index in [1.54, 1.807) is 56.0 Å². The van der Waals surface area contributed by atoms with E-state index in [0.717, 1.165) is 9.79 Å². The molecule has 7 nitrogen and oxygen atoms in total. The predicted octanol–water partition coefficient (Wildman–Crippen LogP) is 2.62. The average Bonchev–Trinajstić information content (AvgIpc) is 2.68. The standard InChI is InChI=1S/C18H21N3O4S3/c1-18(2)16(17(22)20-23)21(11-12-26-18)28(24,25)15-5-3-13(4-6-15)27-14-7-9-19-10-8-14/h3-10,16,23H,11-12H2,1-2H3,(H,20,22)/t16-/m0/s1. The molecule has 2 heterocycles. The fourth-order valence-electron chi connectivity index (χ4n) is 3.08. The Morgan fingerprint density at radius 1 is 1.21 bits per heavy atom. The second kappa shape index (κ2) is 8.42. The van der Waals surface area contributed by atoms with Crippen LogP contribution in [0.1, 0.15) is 13.8 Å². The Morgan fingerprint density at radius 2 is 1.82 bits per heavy atom. The lowest BCUT2D eigenvalue weighted by atomic mass is 10.0. The summed E-state index contributed by atoms with van der Waals surface area (Å²) in [5.41, 5.74) is 1.61. The van der Waals surface area contributed by atoms with Gasteiger partial charge in [0.05, 0.1) is 4.90 Å². The van der Waals surface area contributed by atoms with Crippen molar-refractivity contribution in [2.45, 2.75) is 39.3 Å². The van der Waals surface area contributed by atoms with Crippen molar-refractivity contribution in [1.82, 2.24) is 14.8 Å². The van der Waals surface area contributed by atoms with Gasteiger partial charge in [-0.2, -0.15) is 16.1 Å². The highest BCUT2D eigenvalue weighted by Crippen LogP contribution is 2.38. The number of rotatable bonds is 5. The Balaban J connectivity index is 1.87. The fourth-order valence-corrected chi connectivity index (χ4v) is 6.99. The highest BCUT2D eigenvalue weighted by Gasteiger charge is 2.48. The van der Waals surface area contributed by atoms with E-state index >= 15 is 0 Å². The van der Waals surface area contributed by atoms with E-state index in [1.807, 2.05) is 12.1 Å². The summed E-state index contributed by atoms with van der Waals surface area (Å²) in [4.78, 5) is 18.2. The molecule has 0 bridgehead atoms. The van der Waals surface area contributed by atoms with Gasteiger partial charge in [-0.15, -0.1) is 0 Å². The van der Waals surface area contributed by atoms with Crippen LogP contribution < -0.4 is 5.48 Å². The van der Waals surface area contributed by atoms with E-state index in [9.17, 15) is 13.2 Å². The number of carbonyl (C=O) groups is 1. The molecule has 1 fully saturated rings. The number of benzene rings is 1. The van der Waals surface area contributed by atoms with E-state index in [2.05, 4.69) is 4.98 Å². The van der Waals surface area contributed by atoms with Gasteiger partial charge in [-0.1, -0.05) is 11.8 Å². The van der Waals surface area contributed by atoms with Gasteiger partial charge < -0.3 is 0 Å². The SMILES string of the molecule is CC1(C)SCCN(S(=O)(=O)c2ccc(Sc3ccncc3)cc2)[C@H]1C(=O)NO. The summed E-state index contributed by atoms with van der Waals surface area (Å²) >= 11 is 3.01. The predicted molar refractivity (Wildman–Crippen MR) is 109 cm³/mol. The largest absolute Gasteiger partial charge is 0.289 e. The molecular weight excluding hydrogens is 418 g/mol. The van der Waals surface area contributed by atoms with Crippen molar-refractivity contribution in [2.24, 2.45) is 0 Å². The smallest absolute Gasteiger partial charge is 0.263 e. The van der Waals surface area contributed by atoms with Crippen LogP contribution in [0.15, 0.2) is 63.5 Å². The van der Waals surface area contributed by atoms with Gasteiger partial charge in [0.25, 0.3) is 5.91 Å². The first-order valence-corrected chi connectivity index (χ1v) is 11.8. The molecule has 0 radical (unpaired) electrons. The first-order chi connectivity index (χ1) is 13.3. The number of amides is 1. The van der Waals surface area contributed by atoms with E-state index < -0.39 is 26.7 Å². The van der Waals surface area contributed by atoms with Gasteiger partial charge in [-0.3, -0.25) is 15.0 Å². The summed E-state index contributed by atoms with van der Waals surface area (Å²) in [6.45, 7) is 3.80. The van der Waals surface area contributed by atoms with Crippen molar-refractivity contribution in [2.75, 3.05) is 12.3 Å². The summed E-state index contributed by atoms with van der Waals surface area (Å²) in [6, 6.07) is 9.31. The van der Waals surface area contributed by atoms with E-state index in [4.69, 9.17) is 5.21 Å². The average molecular weight is 440 g/mol. The first kappa shape index (κ1) is 21.1. The molecule has 10 heteroatoms. The number of sulfonamides is 1. The number of aromatic nitrogens is 1. The molecule has 1 atom stereocenters. The Kier molecular flexibility index (Phi) is 6.35. The summed E-state index contributed by atoms with van der Waals surface area (Å²) in [5, 5.41) is 9.11. The Bertz CT molecular complexity index is 934. The molecular formula is C18H21N3O4S3. The quantitative estimate of drug-likeness (QED) is 0.546. The number of hydrogen-bond acceptors (Lipinski definition) is 7. The lowest BCUT2D eigenvalue weighted by Crippen LogP contribution is -2.61. The number of hydroxylamine groups is 1. The molecule has 2 aromatic rings. The van der Waals surface area contributed by atoms with E-state index in [-0.39, 0.29) is 11.4 Å². The maximum absolute atomic E-state index is 13.2. The molecule has 1 amide bonds. The van der Waals surface area contributed by atoms with Gasteiger partial charge in [-0.05, 0) is 50.2 Å². The normalized spacial score (nSPS) is 19.9. The van der Waals surface area contributed by atoms with Gasteiger partial charge in [0.2, 0.25) is 10.0 Å². The highest BCUT2D eigenvalue weighted by molar-refractivity contribution is 8.01. The molecule has 0 saturated carbocycles. The number of pyridine rings is 1. The van der Waals surface area contributed by atoms with Crippen molar-refractivity contribution < 1.29 is 18.4 Å². The topological polar surface area (TPSA) is 99.6 Å². The molecule has 0 spiro atoms. The second-order valence-electron chi connectivity index (χ2n) is 6.70. The zero-order valence-electron chi connectivity index (χ0n) is 15.4. The second-order valence-corrected chi connectivity index (χ2v) is 11.5. The number of carbonyl (C=O) groups excluding carboxylic acids is 1. The molecule has 1 aliphatic heterocycles. The summed E-state index contributed by atoms with van der Waals surface area (Å²) in [6.07, 6.45) is 3.40. The van der Waals surface area contributed by atoms with Crippen LogP contribution in [-0.4, -0.2) is 51.9 Å². The highest BCUT2D eigenvalue weighted by atomic mass is 32.2. The molecule has 0 aliphatic carbocycles. The number of thioether (sulfide) groups is 1. The molecule has 1 saturated heterocycles. The molecule has 1 aliphatic rings. The lowest BCUT2D eigenvalue weighted by molar-refractivity contribution is -0.134. The van der Waals surface area contributed by atoms with Crippen LogP contribution in [0, 0.1) is 0 Å².